The number of alkyl halides is 3. The van der Waals surface area contributed by atoms with E-state index < -0.39 is 11.7 Å². The van der Waals surface area contributed by atoms with Crippen molar-refractivity contribution in [3.05, 3.63) is 47.7 Å². The fraction of sp³-hybridized carbons (Fsp3) is 0.429. The molecule has 0 saturated heterocycles. The van der Waals surface area contributed by atoms with Crippen LogP contribution in [0.5, 0.6) is 0 Å². The average molecular weight is 270 g/mol. The highest BCUT2D eigenvalue weighted by Crippen LogP contribution is 2.29. The summed E-state index contributed by atoms with van der Waals surface area (Å²) in [6, 6.07) is 5.44. The van der Waals surface area contributed by atoms with E-state index in [2.05, 4.69) is 16.7 Å². The number of rotatable bonds is 3. The summed E-state index contributed by atoms with van der Waals surface area (Å²) in [5.41, 5.74) is 0.0466. The molecule has 5 heteroatoms. The number of halogens is 3. The molecule has 104 valence electrons. The monoisotopic (exact) mass is 270 g/mol. The van der Waals surface area contributed by atoms with Crippen molar-refractivity contribution in [2.24, 2.45) is 0 Å². The highest BCUT2D eigenvalue weighted by atomic mass is 19.4. The van der Waals surface area contributed by atoms with Gasteiger partial charge in [0.1, 0.15) is 0 Å². The molecule has 1 aliphatic heterocycles. The van der Waals surface area contributed by atoms with Crippen LogP contribution in [0.15, 0.2) is 36.5 Å². The van der Waals surface area contributed by atoms with Gasteiger partial charge in [-0.15, -0.1) is 0 Å². The molecule has 1 unspecified atom stereocenters. The van der Waals surface area contributed by atoms with Crippen molar-refractivity contribution in [1.82, 2.24) is 10.6 Å². The van der Waals surface area contributed by atoms with Gasteiger partial charge in [0.2, 0.25) is 0 Å². The highest BCUT2D eigenvalue weighted by molar-refractivity contribution is 5.25. The smallest absolute Gasteiger partial charge is 0.376 e. The zero-order valence-electron chi connectivity index (χ0n) is 10.5. The molecular weight excluding hydrogens is 253 g/mol. The van der Waals surface area contributed by atoms with Crippen LogP contribution in [0.4, 0.5) is 13.2 Å². The second-order valence-corrected chi connectivity index (χ2v) is 4.63. The third-order valence-corrected chi connectivity index (χ3v) is 3.09. The molecule has 1 atom stereocenters. The van der Waals surface area contributed by atoms with Crippen molar-refractivity contribution in [2.75, 3.05) is 0 Å². The van der Waals surface area contributed by atoms with Crippen LogP contribution in [-0.4, -0.2) is 6.17 Å². The van der Waals surface area contributed by atoms with E-state index in [0.29, 0.717) is 12.1 Å². The lowest BCUT2D eigenvalue weighted by Crippen LogP contribution is -2.38. The number of hydrogen-bond donors (Lipinski definition) is 2. The summed E-state index contributed by atoms with van der Waals surface area (Å²) in [5, 5.41) is 6.41. The number of benzene rings is 1. The van der Waals surface area contributed by atoms with Crippen LogP contribution < -0.4 is 10.6 Å². The third-order valence-electron chi connectivity index (χ3n) is 3.09. The second-order valence-electron chi connectivity index (χ2n) is 4.63. The van der Waals surface area contributed by atoms with Crippen LogP contribution >= 0.6 is 0 Å². The predicted molar refractivity (Wildman–Crippen MR) is 68.2 cm³/mol. The normalized spacial score (nSPS) is 19.8. The van der Waals surface area contributed by atoms with Gasteiger partial charge in [-0.2, -0.15) is 13.2 Å². The Morgan fingerprint density at radius 1 is 1.32 bits per heavy atom. The summed E-state index contributed by atoms with van der Waals surface area (Å²) in [6.45, 7) is 0.426. The molecule has 0 amide bonds. The summed E-state index contributed by atoms with van der Waals surface area (Å²) in [7, 11) is 0. The number of nitrogens with one attached hydrogen (secondary N) is 2. The molecule has 1 heterocycles. The first-order valence-corrected chi connectivity index (χ1v) is 6.36. The van der Waals surface area contributed by atoms with Crippen molar-refractivity contribution in [3.8, 4) is 0 Å². The largest absolute Gasteiger partial charge is 0.416 e. The summed E-state index contributed by atoms with van der Waals surface area (Å²) in [4.78, 5) is 0. The molecule has 0 radical (unpaired) electrons. The highest BCUT2D eigenvalue weighted by Gasteiger charge is 2.30. The Hall–Kier alpha value is -1.49. The van der Waals surface area contributed by atoms with Crippen LogP contribution in [0.25, 0.3) is 0 Å². The Morgan fingerprint density at radius 2 is 2.16 bits per heavy atom. The zero-order chi connectivity index (χ0) is 13.7. The molecule has 0 fully saturated rings. The van der Waals surface area contributed by atoms with Crippen LogP contribution in [0.3, 0.4) is 0 Å². The van der Waals surface area contributed by atoms with E-state index >= 15 is 0 Å². The molecule has 1 aliphatic rings. The summed E-state index contributed by atoms with van der Waals surface area (Å²) in [5.74, 6) is 0. The minimum atomic E-state index is -4.28. The van der Waals surface area contributed by atoms with Crippen LogP contribution in [-0.2, 0) is 12.7 Å². The van der Waals surface area contributed by atoms with Gasteiger partial charge < -0.3 is 5.32 Å². The van der Waals surface area contributed by atoms with E-state index in [1.807, 2.05) is 6.20 Å². The van der Waals surface area contributed by atoms with Crippen molar-refractivity contribution >= 4 is 0 Å². The van der Waals surface area contributed by atoms with Gasteiger partial charge in [0.15, 0.2) is 0 Å². The van der Waals surface area contributed by atoms with Gasteiger partial charge in [0.25, 0.3) is 0 Å². The average Bonchev–Trinajstić information content (AvgIpc) is 2.64. The minimum Gasteiger partial charge on any atom is -0.376 e. The lowest BCUT2D eigenvalue weighted by atomic mass is 10.1. The second kappa shape index (κ2) is 6.10. The maximum Gasteiger partial charge on any atom is 0.416 e. The topological polar surface area (TPSA) is 24.1 Å². The Labute approximate surface area is 110 Å². The number of hydrogen-bond acceptors (Lipinski definition) is 2. The van der Waals surface area contributed by atoms with E-state index in [4.69, 9.17) is 0 Å². The lowest BCUT2D eigenvalue weighted by Gasteiger charge is -2.18. The maximum atomic E-state index is 12.6. The molecule has 19 heavy (non-hydrogen) atoms. The maximum absolute atomic E-state index is 12.6. The zero-order valence-corrected chi connectivity index (χ0v) is 10.5. The molecule has 2 N–H and O–H groups in total. The Bertz CT molecular complexity index is 441. The molecule has 0 aromatic heterocycles. The fourth-order valence-electron chi connectivity index (χ4n) is 2.05. The van der Waals surface area contributed by atoms with Gasteiger partial charge in [0.05, 0.1) is 11.7 Å². The van der Waals surface area contributed by atoms with Crippen LogP contribution in [0.1, 0.15) is 30.4 Å². The molecule has 1 aromatic carbocycles. The first kappa shape index (κ1) is 13.9. The summed E-state index contributed by atoms with van der Waals surface area (Å²) >= 11 is 0. The first-order chi connectivity index (χ1) is 9.05. The molecule has 0 spiro atoms. The summed E-state index contributed by atoms with van der Waals surface area (Å²) in [6.07, 6.45) is 2.88. The SMILES string of the molecule is FC(F)(F)c1cccc(CNC2CCCC=CN2)c1. The van der Waals surface area contributed by atoms with Crippen LogP contribution in [0, 0.1) is 0 Å². The third kappa shape index (κ3) is 4.28. The fourth-order valence-corrected chi connectivity index (χ4v) is 2.05. The van der Waals surface area contributed by atoms with Gasteiger partial charge in [0, 0.05) is 6.54 Å². The van der Waals surface area contributed by atoms with Gasteiger partial charge in [-0.25, -0.2) is 0 Å². The number of allylic oxidation sites excluding steroid dienone is 1. The molecule has 2 rings (SSSR count). The van der Waals surface area contributed by atoms with E-state index in [0.717, 1.165) is 25.3 Å². The Morgan fingerprint density at radius 3 is 2.95 bits per heavy atom. The first-order valence-electron chi connectivity index (χ1n) is 6.36. The molecule has 0 bridgehead atoms. The van der Waals surface area contributed by atoms with Crippen LogP contribution in [0.2, 0.25) is 0 Å². The van der Waals surface area contributed by atoms with Crippen molar-refractivity contribution in [3.63, 3.8) is 0 Å². The molecule has 0 saturated carbocycles. The molecule has 0 aliphatic carbocycles. The van der Waals surface area contributed by atoms with E-state index in [1.54, 1.807) is 6.07 Å². The molecule has 2 nitrogen and oxygen atoms in total. The van der Waals surface area contributed by atoms with Crippen molar-refractivity contribution < 1.29 is 13.2 Å². The van der Waals surface area contributed by atoms with E-state index in [-0.39, 0.29) is 6.17 Å². The molecule has 1 aromatic rings. The lowest BCUT2D eigenvalue weighted by molar-refractivity contribution is -0.137. The Kier molecular flexibility index (Phi) is 4.47. The van der Waals surface area contributed by atoms with Gasteiger partial charge in [-0.05, 0) is 37.1 Å². The van der Waals surface area contributed by atoms with Gasteiger partial charge in [-0.3, -0.25) is 5.32 Å². The Balaban J connectivity index is 1.94. The summed E-state index contributed by atoms with van der Waals surface area (Å²) < 4.78 is 37.7. The van der Waals surface area contributed by atoms with E-state index in [9.17, 15) is 13.2 Å². The quantitative estimate of drug-likeness (QED) is 0.879. The standard InChI is InChI=1S/C14H17F3N2/c15-14(16,17)12-6-4-5-11(9-12)10-19-13-7-2-1-3-8-18-13/h3-6,8-9,13,18-19H,1-2,7,10H2. The van der Waals surface area contributed by atoms with Crippen molar-refractivity contribution in [2.45, 2.75) is 38.1 Å². The van der Waals surface area contributed by atoms with E-state index in [1.165, 1.54) is 12.1 Å². The van der Waals surface area contributed by atoms with Crippen molar-refractivity contribution in [1.29, 1.82) is 0 Å². The molecular formula is C14H17F3N2. The van der Waals surface area contributed by atoms with Gasteiger partial charge in [-0.1, -0.05) is 24.3 Å². The van der Waals surface area contributed by atoms with Gasteiger partial charge >= 0.3 is 6.18 Å². The predicted octanol–water partition coefficient (Wildman–Crippen LogP) is 3.41. The minimum absolute atomic E-state index is 0.119.